The SMILES string of the molecule is NCC1CCN(Cc2ccn(C3CCCC3)n2)CC1. The Labute approximate surface area is 116 Å². The molecule has 1 saturated carbocycles. The van der Waals surface area contributed by atoms with Crippen LogP contribution in [0.3, 0.4) is 0 Å². The zero-order valence-electron chi connectivity index (χ0n) is 11.8. The van der Waals surface area contributed by atoms with Gasteiger partial charge in [-0.25, -0.2) is 0 Å². The number of nitrogens with zero attached hydrogens (tertiary/aromatic N) is 3. The average molecular weight is 262 g/mol. The molecule has 3 rings (SSSR count). The molecule has 0 spiro atoms. The first kappa shape index (κ1) is 13.1. The molecule has 2 fully saturated rings. The second-order valence-electron chi connectivity index (χ2n) is 6.18. The average Bonchev–Trinajstić information content (AvgIpc) is 3.10. The second kappa shape index (κ2) is 6.06. The number of hydrogen-bond acceptors (Lipinski definition) is 3. The van der Waals surface area contributed by atoms with Crippen LogP contribution in [0.1, 0.15) is 50.3 Å². The van der Waals surface area contributed by atoms with Crippen molar-refractivity contribution in [3.63, 3.8) is 0 Å². The molecule has 1 saturated heterocycles. The van der Waals surface area contributed by atoms with Gasteiger partial charge in [0.1, 0.15) is 0 Å². The van der Waals surface area contributed by atoms with E-state index in [0.717, 1.165) is 19.0 Å². The summed E-state index contributed by atoms with van der Waals surface area (Å²) in [6, 6.07) is 2.87. The topological polar surface area (TPSA) is 47.1 Å². The molecule has 0 amide bonds. The van der Waals surface area contributed by atoms with E-state index < -0.39 is 0 Å². The summed E-state index contributed by atoms with van der Waals surface area (Å²) in [5.41, 5.74) is 6.97. The summed E-state index contributed by atoms with van der Waals surface area (Å²) >= 11 is 0. The van der Waals surface area contributed by atoms with Gasteiger partial charge in [-0.05, 0) is 57.3 Å². The Kier molecular flexibility index (Phi) is 4.18. The molecule has 0 atom stereocenters. The monoisotopic (exact) mass is 262 g/mol. The zero-order chi connectivity index (χ0) is 13.1. The second-order valence-corrected chi connectivity index (χ2v) is 6.18. The quantitative estimate of drug-likeness (QED) is 0.904. The van der Waals surface area contributed by atoms with E-state index in [9.17, 15) is 0 Å². The highest BCUT2D eigenvalue weighted by Crippen LogP contribution is 2.28. The fourth-order valence-electron chi connectivity index (χ4n) is 3.44. The normalized spacial score (nSPS) is 23.2. The third-order valence-corrected chi connectivity index (χ3v) is 4.79. The van der Waals surface area contributed by atoms with Gasteiger partial charge in [-0.3, -0.25) is 9.58 Å². The number of piperidine rings is 1. The number of likely N-dealkylation sites (tertiary alicyclic amines) is 1. The molecule has 1 aromatic rings. The first-order valence-corrected chi connectivity index (χ1v) is 7.81. The smallest absolute Gasteiger partial charge is 0.0764 e. The fraction of sp³-hybridized carbons (Fsp3) is 0.800. The van der Waals surface area contributed by atoms with Gasteiger partial charge in [-0.1, -0.05) is 12.8 Å². The molecule has 0 aromatic carbocycles. The molecule has 106 valence electrons. The molecule has 1 aliphatic heterocycles. The molecule has 0 unspecified atom stereocenters. The minimum Gasteiger partial charge on any atom is -0.330 e. The van der Waals surface area contributed by atoms with E-state index in [1.807, 2.05) is 0 Å². The summed E-state index contributed by atoms with van der Waals surface area (Å²) in [7, 11) is 0. The zero-order valence-corrected chi connectivity index (χ0v) is 11.8. The van der Waals surface area contributed by atoms with E-state index in [1.54, 1.807) is 0 Å². The van der Waals surface area contributed by atoms with Crippen LogP contribution in [-0.4, -0.2) is 34.3 Å². The van der Waals surface area contributed by atoms with Crippen molar-refractivity contribution < 1.29 is 0 Å². The van der Waals surface area contributed by atoms with E-state index in [2.05, 4.69) is 21.8 Å². The molecule has 0 bridgehead atoms. The van der Waals surface area contributed by atoms with E-state index in [4.69, 9.17) is 10.8 Å². The van der Waals surface area contributed by atoms with E-state index >= 15 is 0 Å². The van der Waals surface area contributed by atoms with Crippen LogP contribution in [0.5, 0.6) is 0 Å². The van der Waals surface area contributed by atoms with Crippen molar-refractivity contribution in [1.82, 2.24) is 14.7 Å². The molecule has 1 aromatic heterocycles. The lowest BCUT2D eigenvalue weighted by molar-refractivity contribution is 0.178. The molecule has 2 heterocycles. The highest BCUT2D eigenvalue weighted by molar-refractivity contribution is 5.00. The maximum absolute atomic E-state index is 5.74. The van der Waals surface area contributed by atoms with Crippen molar-refractivity contribution in [3.05, 3.63) is 18.0 Å². The predicted molar refractivity (Wildman–Crippen MR) is 76.8 cm³/mol. The highest BCUT2D eigenvalue weighted by Gasteiger charge is 2.20. The standard InChI is InChI=1S/C15H26N4/c16-11-13-5-8-18(9-6-13)12-14-7-10-19(17-14)15-3-1-2-4-15/h7,10,13,15H,1-6,8-9,11-12,16H2. The Hall–Kier alpha value is -0.870. The summed E-state index contributed by atoms with van der Waals surface area (Å²) in [5, 5.41) is 4.78. The first-order valence-electron chi connectivity index (χ1n) is 7.81. The Morgan fingerprint density at radius 3 is 2.58 bits per heavy atom. The van der Waals surface area contributed by atoms with Gasteiger partial charge in [-0.15, -0.1) is 0 Å². The van der Waals surface area contributed by atoms with Crippen LogP contribution in [0.2, 0.25) is 0 Å². The fourth-order valence-corrected chi connectivity index (χ4v) is 3.44. The van der Waals surface area contributed by atoms with Crippen LogP contribution in [0.4, 0.5) is 0 Å². The van der Waals surface area contributed by atoms with Gasteiger partial charge in [0.05, 0.1) is 11.7 Å². The van der Waals surface area contributed by atoms with Crippen LogP contribution in [0, 0.1) is 5.92 Å². The summed E-state index contributed by atoms with van der Waals surface area (Å²) in [4.78, 5) is 2.52. The summed E-state index contributed by atoms with van der Waals surface area (Å²) < 4.78 is 2.20. The van der Waals surface area contributed by atoms with E-state index in [-0.39, 0.29) is 0 Å². The van der Waals surface area contributed by atoms with Gasteiger partial charge in [0, 0.05) is 12.7 Å². The van der Waals surface area contributed by atoms with Crippen LogP contribution < -0.4 is 5.73 Å². The molecule has 2 N–H and O–H groups in total. The van der Waals surface area contributed by atoms with Gasteiger partial charge < -0.3 is 5.73 Å². The molecule has 1 aliphatic carbocycles. The minimum absolute atomic E-state index is 0.664. The summed E-state index contributed by atoms with van der Waals surface area (Å²) in [5.74, 6) is 0.743. The molecule has 2 aliphatic rings. The third-order valence-electron chi connectivity index (χ3n) is 4.79. The van der Waals surface area contributed by atoms with Gasteiger partial charge in [0.25, 0.3) is 0 Å². The molecule has 19 heavy (non-hydrogen) atoms. The van der Waals surface area contributed by atoms with Gasteiger partial charge in [0.2, 0.25) is 0 Å². The highest BCUT2D eigenvalue weighted by atomic mass is 15.3. The lowest BCUT2D eigenvalue weighted by Gasteiger charge is -2.30. The Balaban J connectivity index is 1.52. The van der Waals surface area contributed by atoms with Crippen LogP contribution in [0.15, 0.2) is 12.3 Å². The largest absolute Gasteiger partial charge is 0.330 e. The first-order chi connectivity index (χ1) is 9.35. The third kappa shape index (κ3) is 3.18. The van der Waals surface area contributed by atoms with Crippen molar-refractivity contribution in [1.29, 1.82) is 0 Å². The predicted octanol–water partition coefficient (Wildman–Crippen LogP) is 2.17. The number of rotatable bonds is 4. The summed E-state index contributed by atoms with van der Waals surface area (Å²) in [6.07, 6.45) is 10.0. The molecular weight excluding hydrogens is 236 g/mol. The van der Waals surface area contributed by atoms with Crippen molar-refractivity contribution in [3.8, 4) is 0 Å². The van der Waals surface area contributed by atoms with Gasteiger partial charge >= 0.3 is 0 Å². The van der Waals surface area contributed by atoms with Crippen molar-refractivity contribution in [2.24, 2.45) is 11.7 Å². The number of hydrogen-bond donors (Lipinski definition) is 1. The Bertz CT molecular complexity index is 387. The lowest BCUT2D eigenvalue weighted by atomic mass is 9.97. The van der Waals surface area contributed by atoms with Crippen molar-refractivity contribution in [2.45, 2.75) is 51.1 Å². The molecular formula is C15H26N4. The van der Waals surface area contributed by atoms with Crippen LogP contribution >= 0.6 is 0 Å². The van der Waals surface area contributed by atoms with E-state index in [1.165, 1.54) is 57.3 Å². The maximum atomic E-state index is 5.74. The van der Waals surface area contributed by atoms with Crippen molar-refractivity contribution in [2.75, 3.05) is 19.6 Å². The molecule has 0 radical (unpaired) electrons. The Morgan fingerprint density at radius 2 is 1.89 bits per heavy atom. The van der Waals surface area contributed by atoms with Gasteiger partial charge in [0.15, 0.2) is 0 Å². The van der Waals surface area contributed by atoms with Crippen molar-refractivity contribution >= 4 is 0 Å². The lowest BCUT2D eigenvalue weighted by Crippen LogP contribution is -2.35. The van der Waals surface area contributed by atoms with Crippen LogP contribution in [-0.2, 0) is 6.54 Å². The number of aromatic nitrogens is 2. The summed E-state index contributed by atoms with van der Waals surface area (Å²) in [6.45, 7) is 4.22. The molecule has 4 nitrogen and oxygen atoms in total. The number of nitrogens with two attached hydrogens (primary N) is 1. The van der Waals surface area contributed by atoms with Crippen LogP contribution in [0.25, 0.3) is 0 Å². The Morgan fingerprint density at radius 1 is 1.16 bits per heavy atom. The van der Waals surface area contributed by atoms with E-state index in [0.29, 0.717) is 6.04 Å². The van der Waals surface area contributed by atoms with Gasteiger partial charge in [-0.2, -0.15) is 5.10 Å². The minimum atomic E-state index is 0.664. The molecule has 4 heteroatoms. The maximum Gasteiger partial charge on any atom is 0.0764 e.